The van der Waals surface area contributed by atoms with Gasteiger partial charge in [-0.2, -0.15) is 0 Å². The molecule has 0 unspecified atom stereocenters. The minimum absolute atomic E-state index is 0.0879. The second-order valence-electron chi connectivity index (χ2n) is 3.61. The first-order chi connectivity index (χ1) is 8.19. The Morgan fingerprint density at radius 1 is 1.53 bits per heavy atom. The minimum Gasteiger partial charge on any atom is -0.408 e. The number of aromatic amines is 1. The molecule has 0 bridgehead atoms. The van der Waals surface area contributed by atoms with Crippen molar-refractivity contribution in [1.29, 1.82) is 0 Å². The van der Waals surface area contributed by atoms with E-state index in [1.807, 2.05) is 0 Å². The van der Waals surface area contributed by atoms with Gasteiger partial charge in [0.2, 0.25) is 5.91 Å². The lowest BCUT2D eigenvalue weighted by atomic mass is 10.1. The lowest BCUT2D eigenvalue weighted by molar-refractivity contribution is -0.120. The SMILES string of the molecule is C=CCNC(=O)Cc1ccc2oc(=O)[nH]c2c1. The Morgan fingerprint density at radius 2 is 2.35 bits per heavy atom. The molecule has 1 aromatic heterocycles. The van der Waals surface area contributed by atoms with Crippen LogP contribution in [0.2, 0.25) is 0 Å². The summed E-state index contributed by atoms with van der Waals surface area (Å²) in [6.45, 7) is 3.96. The quantitative estimate of drug-likeness (QED) is 0.771. The molecule has 88 valence electrons. The van der Waals surface area contributed by atoms with Crippen molar-refractivity contribution in [2.24, 2.45) is 0 Å². The first kappa shape index (κ1) is 11.2. The molecule has 0 saturated carbocycles. The van der Waals surface area contributed by atoms with E-state index < -0.39 is 5.76 Å². The largest absolute Gasteiger partial charge is 0.417 e. The van der Waals surface area contributed by atoms with E-state index in [-0.39, 0.29) is 12.3 Å². The van der Waals surface area contributed by atoms with Crippen molar-refractivity contribution in [2.45, 2.75) is 6.42 Å². The summed E-state index contributed by atoms with van der Waals surface area (Å²) in [5.74, 6) is -0.580. The van der Waals surface area contributed by atoms with Crippen LogP contribution in [0.25, 0.3) is 11.1 Å². The number of nitrogens with one attached hydrogen (secondary N) is 2. The van der Waals surface area contributed by atoms with Gasteiger partial charge in [0.05, 0.1) is 11.9 Å². The van der Waals surface area contributed by atoms with Crippen LogP contribution in [0.4, 0.5) is 0 Å². The number of carbonyl (C=O) groups excluding carboxylic acids is 1. The molecule has 0 saturated heterocycles. The van der Waals surface area contributed by atoms with Gasteiger partial charge in [0.1, 0.15) is 0 Å². The molecule has 5 nitrogen and oxygen atoms in total. The normalized spacial score (nSPS) is 10.4. The van der Waals surface area contributed by atoms with E-state index in [0.29, 0.717) is 17.6 Å². The van der Waals surface area contributed by atoms with Crippen molar-refractivity contribution in [3.8, 4) is 0 Å². The van der Waals surface area contributed by atoms with Crippen LogP contribution in [-0.4, -0.2) is 17.4 Å². The number of benzene rings is 1. The molecule has 0 fully saturated rings. The van der Waals surface area contributed by atoms with Gasteiger partial charge < -0.3 is 9.73 Å². The van der Waals surface area contributed by atoms with Gasteiger partial charge in [0.25, 0.3) is 0 Å². The summed E-state index contributed by atoms with van der Waals surface area (Å²) in [7, 11) is 0. The number of hydrogen-bond acceptors (Lipinski definition) is 3. The number of amides is 1. The summed E-state index contributed by atoms with van der Waals surface area (Å²) >= 11 is 0. The summed E-state index contributed by atoms with van der Waals surface area (Å²) in [4.78, 5) is 25.0. The average Bonchev–Trinajstić information content (AvgIpc) is 2.65. The molecule has 1 amide bonds. The van der Waals surface area contributed by atoms with Crippen LogP contribution in [0.15, 0.2) is 40.1 Å². The standard InChI is InChI=1S/C12H12N2O3/c1-2-5-13-11(15)7-8-3-4-10-9(6-8)14-12(16)17-10/h2-4,6H,1,5,7H2,(H,13,15)(H,14,16). The van der Waals surface area contributed by atoms with Gasteiger partial charge in [0.15, 0.2) is 5.58 Å². The van der Waals surface area contributed by atoms with Crippen LogP contribution in [0.3, 0.4) is 0 Å². The van der Waals surface area contributed by atoms with Gasteiger partial charge >= 0.3 is 5.76 Å². The zero-order chi connectivity index (χ0) is 12.3. The first-order valence-corrected chi connectivity index (χ1v) is 5.18. The first-order valence-electron chi connectivity index (χ1n) is 5.18. The molecular formula is C12H12N2O3. The molecule has 17 heavy (non-hydrogen) atoms. The van der Waals surface area contributed by atoms with Crippen LogP contribution in [0.5, 0.6) is 0 Å². The van der Waals surface area contributed by atoms with Crippen molar-refractivity contribution in [2.75, 3.05) is 6.54 Å². The van der Waals surface area contributed by atoms with Gasteiger partial charge in [-0.05, 0) is 17.7 Å². The molecule has 0 aliphatic rings. The van der Waals surface area contributed by atoms with Crippen LogP contribution in [-0.2, 0) is 11.2 Å². The van der Waals surface area contributed by atoms with Crippen LogP contribution < -0.4 is 11.1 Å². The molecule has 0 aliphatic carbocycles. The number of rotatable bonds is 4. The Kier molecular flexibility index (Phi) is 3.09. The Hall–Kier alpha value is -2.30. The number of H-pyrrole nitrogens is 1. The summed E-state index contributed by atoms with van der Waals surface area (Å²) in [6, 6.07) is 5.16. The monoisotopic (exact) mass is 232 g/mol. The predicted octanol–water partition coefficient (Wildman–Crippen LogP) is 0.966. The fraction of sp³-hybridized carbons (Fsp3) is 0.167. The number of aromatic nitrogens is 1. The zero-order valence-corrected chi connectivity index (χ0v) is 9.16. The fourth-order valence-corrected chi connectivity index (χ4v) is 1.54. The molecule has 0 aliphatic heterocycles. The smallest absolute Gasteiger partial charge is 0.408 e. The van der Waals surface area contributed by atoms with Gasteiger partial charge in [-0.25, -0.2) is 4.79 Å². The molecular weight excluding hydrogens is 220 g/mol. The highest BCUT2D eigenvalue weighted by Gasteiger charge is 2.05. The molecule has 2 aromatic rings. The van der Waals surface area contributed by atoms with Crippen molar-refractivity contribution in [3.05, 3.63) is 47.0 Å². The predicted molar refractivity (Wildman–Crippen MR) is 63.7 cm³/mol. The summed E-state index contributed by atoms with van der Waals surface area (Å²) in [5, 5.41) is 2.68. The molecule has 0 atom stereocenters. The average molecular weight is 232 g/mol. The Labute approximate surface area is 97.1 Å². The maximum absolute atomic E-state index is 11.5. The van der Waals surface area contributed by atoms with Gasteiger partial charge in [-0.15, -0.1) is 6.58 Å². The second-order valence-corrected chi connectivity index (χ2v) is 3.61. The molecule has 1 heterocycles. The highest BCUT2D eigenvalue weighted by atomic mass is 16.4. The number of carbonyl (C=O) groups is 1. The van der Waals surface area contributed by atoms with Gasteiger partial charge in [-0.3, -0.25) is 9.78 Å². The maximum Gasteiger partial charge on any atom is 0.417 e. The van der Waals surface area contributed by atoms with E-state index in [1.165, 1.54) is 0 Å². The van der Waals surface area contributed by atoms with Crippen molar-refractivity contribution in [3.63, 3.8) is 0 Å². The van der Waals surface area contributed by atoms with Crippen LogP contribution in [0.1, 0.15) is 5.56 Å². The van der Waals surface area contributed by atoms with E-state index in [9.17, 15) is 9.59 Å². The number of oxazole rings is 1. The topological polar surface area (TPSA) is 75.1 Å². The lowest BCUT2D eigenvalue weighted by Gasteiger charge is -2.02. The Bertz CT molecular complexity index is 609. The fourth-order valence-electron chi connectivity index (χ4n) is 1.54. The highest BCUT2D eigenvalue weighted by molar-refractivity contribution is 5.81. The summed E-state index contributed by atoms with van der Waals surface area (Å²) < 4.78 is 4.87. The molecule has 1 aromatic carbocycles. The molecule has 2 N–H and O–H groups in total. The maximum atomic E-state index is 11.5. The Morgan fingerprint density at radius 3 is 3.12 bits per heavy atom. The van der Waals surface area contributed by atoms with Crippen molar-refractivity contribution in [1.82, 2.24) is 10.3 Å². The Balaban J connectivity index is 2.16. The van der Waals surface area contributed by atoms with Crippen molar-refractivity contribution >= 4 is 17.0 Å². The van der Waals surface area contributed by atoms with E-state index in [4.69, 9.17) is 4.42 Å². The van der Waals surface area contributed by atoms with E-state index >= 15 is 0 Å². The third kappa shape index (κ3) is 2.63. The zero-order valence-electron chi connectivity index (χ0n) is 9.16. The van der Waals surface area contributed by atoms with E-state index in [2.05, 4.69) is 16.9 Å². The molecule has 2 rings (SSSR count). The van der Waals surface area contributed by atoms with E-state index in [1.54, 1.807) is 24.3 Å². The van der Waals surface area contributed by atoms with E-state index in [0.717, 1.165) is 5.56 Å². The lowest BCUT2D eigenvalue weighted by Crippen LogP contribution is -2.24. The summed E-state index contributed by atoms with van der Waals surface area (Å²) in [6.07, 6.45) is 1.88. The number of hydrogen-bond donors (Lipinski definition) is 2. The van der Waals surface area contributed by atoms with Crippen LogP contribution >= 0.6 is 0 Å². The third-order valence-corrected chi connectivity index (χ3v) is 2.29. The van der Waals surface area contributed by atoms with Crippen LogP contribution in [0, 0.1) is 0 Å². The molecule has 5 heteroatoms. The second kappa shape index (κ2) is 4.69. The minimum atomic E-state index is -0.492. The molecule has 0 spiro atoms. The summed E-state index contributed by atoms with van der Waals surface area (Å²) in [5.41, 5.74) is 1.91. The highest BCUT2D eigenvalue weighted by Crippen LogP contribution is 2.12. The van der Waals surface area contributed by atoms with Gasteiger partial charge in [-0.1, -0.05) is 12.1 Å². The van der Waals surface area contributed by atoms with Crippen molar-refractivity contribution < 1.29 is 9.21 Å². The third-order valence-electron chi connectivity index (χ3n) is 2.29. The number of fused-ring (bicyclic) bond motifs is 1. The molecule has 0 radical (unpaired) electrons. The van der Waals surface area contributed by atoms with Gasteiger partial charge in [0, 0.05) is 6.54 Å².